The maximum Gasteiger partial charge on any atom is 0.409 e. The molecule has 1 aliphatic carbocycles. The van der Waals surface area contributed by atoms with Crippen molar-refractivity contribution < 1.29 is 15.0 Å². The number of hydrogen-bond donors (Lipinski definition) is 3. The van der Waals surface area contributed by atoms with Crippen LogP contribution in [0.4, 0.5) is 10.5 Å². The number of aromatic nitrogens is 1. The van der Waals surface area contributed by atoms with E-state index in [4.69, 9.17) is 5.11 Å². The van der Waals surface area contributed by atoms with Gasteiger partial charge in [0.15, 0.2) is 0 Å². The quantitative estimate of drug-likeness (QED) is 0.769. The van der Waals surface area contributed by atoms with Gasteiger partial charge in [-0.05, 0) is 42.7 Å². The van der Waals surface area contributed by atoms with Gasteiger partial charge < -0.3 is 10.2 Å². The fourth-order valence-corrected chi connectivity index (χ4v) is 2.72. The van der Waals surface area contributed by atoms with Crippen molar-refractivity contribution in [2.45, 2.75) is 31.6 Å². The zero-order chi connectivity index (χ0) is 13.0. The van der Waals surface area contributed by atoms with Crippen LogP contribution >= 0.6 is 0 Å². The average molecular weight is 250 g/mol. The highest BCUT2D eigenvalue weighted by Gasteiger charge is 2.24. The van der Waals surface area contributed by atoms with Gasteiger partial charge in [0.1, 0.15) is 0 Å². The summed E-state index contributed by atoms with van der Waals surface area (Å²) in [6.07, 6.45) is 6.24. The van der Waals surface area contributed by atoms with E-state index in [1.54, 1.807) is 12.4 Å². The van der Waals surface area contributed by atoms with E-state index in [9.17, 15) is 9.90 Å². The summed E-state index contributed by atoms with van der Waals surface area (Å²) in [5.41, 5.74) is 1.55. The Morgan fingerprint density at radius 2 is 2.33 bits per heavy atom. The number of aliphatic hydroxyl groups excluding tert-OH is 1. The maximum atomic E-state index is 10.7. The van der Waals surface area contributed by atoms with Crippen LogP contribution in [0.2, 0.25) is 0 Å². The van der Waals surface area contributed by atoms with Gasteiger partial charge in [-0.25, -0.2) is 4.79 Å². The molecule has 0 radical (unpaired) electrons. The highest BCUT2D eigenvalue weighted by molar-refractivity contribution is 5.83. The molecule has 1 aromatic heterocycles. The van der Waals surface area contributed by atoms with E-state index in [1.807, 2.05) is 6.07 Å². The molecule has 3 N–H and O–H groups in total. The molecule has 0 saturated heterocycles. The lowest BCUT2D eigenvalue weighted by Gasteiger charge is -2.29. The Morgan fingerprint density at radius 3 is 3.06 bits per heavy atom. The zero-order valence-electron chi connectivity index (χ0n) is 10.2. The van der Waals surface area contributed by atoms with Crippen LogP contribution in [0.5, 0.6) is 0 Å². The second-order valence-electron chi connectivity index (χ2n) is 4.81. The number of nitrogens with one attached hydrogen (secondary N) is 1. The lowest BCUT2D eigenvalue weighted by atomic mass is 9.78. The van der Waals surface area contributed by atoms with Crippen molar-refractivity contribution in [3.05, 3.63) is 24.0 Å². The molecule has 0 aromatic carbocycles. The summed E-state index contributed by atoms with van der Waals surface area (Å²) in [6.45, 7) is 0.212. The first kappa shape index (κ1) is 12.8. The Hall–Kier alpha value is -1.62. The first-order chi connectivity index (χ1) is 8.70. The summed E-state index contributed by atoms with van der Waals surface area (Å²) in [5, 5.41) is 20.5. The van der Waals surface area contributed by atoms with Crippen LogP contribution in [0.3, 0.4) is 0 Å². The maximum absolute atomic E-state index is 10.7. The van der Waals surface area contributed by atoms with Crippen molar-refractivity contribution in [3.8, 4) is 0 Å². The molecular weight excluding hydrogens is 232 g/mol. The van der Waals surface area contributed by atoms with Gasteiger partial charge in [0.25, 0.3) is 0 Å². The van der Waals surface area contributed by atoms with E-state index >= 15 is 0 Å². The van der Waals surface area contributed by atoms with Crippen molar-refractivity contribution in [1.29, 1.82) is 0 Å². The van der Waals surface area contributed by atoms with Crippen molar-refractivity contribution in [1.82, 2.24) is 4.98 Å². The van der Waals surface area contributed by atoms with Crippen LogP contribution in [0.15, 0.2) is 18.5 Å². The van der Waals surface area contributed by atoms with Gasteiger partial charge in [-0.2, -0.15) is 0 Å². The van der Waals surface area contributed by atoms with Gasteiger partial charge in [-0.3, -0.25) is 10.3 Å². The molecule has 2 rings (SSSR count). The Labute approximate surface area is 106 Å². The summed E-state index contributed by atoms with van der Waals surface area (Å²) in [5.74, 6) is 0.635. The molecule has 1 aromatic rings. The summed E-state index contributed by atoms with van der Waals surface area (Å²) in [4.78, 5) is 14.7. The number of carboxylic acid groups (broad SMARTS) is 1. The lowest BCUT2D eigenvalue weighted by molar-refractivity contribution is 0.180. The number of amides is 1. The second-order valence-corrected chi connectivity index (χ2v) is 4.81. The Kier molecular flexibility index (Phi) is 4.15. The van der Waals surface area contributed by atoms with Gasteiger partial charge >= 0.3 is 6.09 Å². The van der Waals surface area contributed by atoms with Crippen LogP contribution in [0, 0.1) is 5.92 Å². The Bertz CT molecular complexity index is 422. The van der Waals surface area contributed by atoms with E-state index in [0.717, 1.165) is 31.2 Å². The smallest absolute Gasteiger partial charge is 0.409 e. The monoisotopic (exact) mass is 250 g/mol. The summed E-state index contributed by atoms with van der Waals surface area (Å²) < 4.78 is 0. The zero-order valence-corrected chi connectivity index (χ0v) is 10.2. The summed E-state index contributed by atoms with van der Waals surface area (Å²) in [6, 6.07) is 1.87. The molecule has 1 fully saturated rings. The van der Waals surface area contributed by atoms with Gasteiger partial charge in [0.2, 0.25) is 0 Å². The topological polar surface area (TPSA) is 82.5 Å². The molecule has 2 atom stereocenters. The second kappa shape index (κ2) is 5.82. The third-order valence-electron chi connectivity index (χ3n) is 3.58. The predicted molar refractivity (Wildman–Crippen MR) is 67.7 cm³/mol. The van der Waals surface area contributed by atoms with Gasteiger partial charge in [-0.15, -0.1) is 0 Å². The van der Waals surface area contributed by atoms with Crippen LogP contribution in [-0.4, -0.2) is 27.9 Å². The molecule has 1 saturated carbocycles. The predicted octanol–water partition coefficient (Wildman–Crippen LogP) is 2.44. The fourth-order valence-electron chi connectivity index (χ4n) is 2.72. The highest BCUT2D eigenvalue weighted by atomic mass is 16.4. The van der Waals surface area contributed by atoms with Crippen LogP contribution < -0.4 is 5.32 Å². The van der Waals surface area contributed by atoms with E-state index in [0.29, 0.717) is 17.5 Å². The first-order valence-corrected chi connectivity index (χ1v) is 6.25. The van der Waals surface area contributed by atoms with Gasteiger partial charge in [-0.1, -0.05) is 6.42 Å². The summed E-state index contributed by atoms with van der Waals surface area (Å²) >= 11 is 0. The first-order valence-electron chi connectivity index (χ1n) is 6.25. The molecule has 1 amide bonds. The van der Waals surface area contributed by atoms with Crippen LogP contribution in [0.25, 0.3) is 0 Å². The summed E-state index contributed by atoms with van der Waals surface area (Å²) in [7, 11) is 0. The molecule has 0 aliphatic heterocycles. The molecule has 2 unspecified atom stereocenters. The molecule has 0 spiro atoms. The molecule has 1 aliphatic rings. The lowest BCUT2D eigenvalue weighted by Crippen LogP contribution is -2.19. The number of hydrogen-bond acceptors (Lipinski definition) is 3. The van der Waals surface area contributed by atoms with Gasteiger partial charge in [0, 0.05) is 12.8 Å². The molecular formula is C13H18N2O3. The normalized spacial score (nSPS) is 23.6. The molecule has 0 bridgehead atoms. The minimum absolute atomic E-state index is 0.212. The number of aliphatic hydroxyl groups is 1. The molecule has 5 nitrogen and oxygen atoms in total. The van der Waals surface area contributed by atoms with Crippen LogP contribution in [0.1, 0.15) is 37.2 Å². The number of anilines is 1. The largest absolute Gasteiger partial charge is 0.465 e. The highest BCUT2D eigenvalue weighted by Crippen LogP contribution is 2.38. The van der Waals surface area contributed by atoms with E-state index < -0.39 is 6.09 Å². The Morgan fingerprint density at radius 1 is 1.50 bits per heavy atom. The van der Waals surface area contributed by atoms with E-state index in [1.165, 1.54) is 0 Å². The SMILES string of the molecule is O=C(O)Nc1cnccc1C1CCCC(CO)C1. The van der Waals surface area contributed by atoms with Crippen molar-refractivity contribution >= 4 is 11.8 Å². The molecule has 98 valence electrons. The number of rotatable bonds is 3. The third kappa shape index (κ3) is 2.98. The average Bonchev–Trinajstić information content (AvgIpc) is 2.39. The molecule has 5 heteroatoms. The van der Waals surface area contributed by atoms with Crippen molar-refractivity contribution in [2.24, 2.45) is 5.92 Å². The Balaban J connectivity index is 2.18. The molecule has 1 heterocycles. The van der Waals surface area contributed by atoms with Crippen LogP contribution in [-0.2, 0) is 0 Å². The van der Waals surface area contributed by atoms with Crippen molar-refractivity contribution in [3.63, 3.8) is 0 Å². The number of pyridine rings is 1. The third-order valence-corrected chi connectivity index (χ3v) is 3.58. The number of nitrogens with zero attached hydrogens (tertiary/aromatic N) is 1. The van der Waals surface area contributed by atoms with E-state index in [2.05, 4.69) is 10.3 Å². The standard InChI is InChI=1S/C13H18N2O3/c16-8-9-2-1-3-10(6-9)11-4-5-14-7-12(11)15-13(17)18/h4-5,7,9-10,15-16H,1-3,6,8H2,(H,17,18). The minimum atomic E-state index is -1.07. The van der Waals surface area contributed by atoms with Crippen molar-refractivity contribution in [2.75, 3.05) is 11.9 Å². The molecule has 18 heavy (non-hydrogen) atoms. The van der Waals surface area contributed by atoms with Gasteiger partial charge in [0.05, 0.1) is 11.9 Å². The fraction of sp³-hybridized carbons (Fsp3) is 0.538. The number of carbonyl (C=O) groups is 1. The minimum Gasteiger partial charge on any atom is -0.465 e. The van der Waals surface area contributed by atoms with E-state index in [-0.39, 0.29) is 6.61 Å².